The molecule has 0 saturated carbocycles. The van der Waals surface area contributed by atoms with Gasteiger partial charge in [0.1, 0.15) is 0 Å². The van der Waals surface area contributed by atoms with Crippen LogP contribution in [0.15, 0.2) is 53.7 Å². The van der Waals surface area contributed by atoms with Crippen molar-refractivity contribution in [3.8, 4) is 33.9 Å². The summed E-state index contributed by atoms with van der Waals surface area (Å²) in [7, 11) is 2.53. The van der Waals surface area contributed by atoms with Crippen LogP contribution in [0, 0.1) is 11.6 Å². The molecule has 0 bridgehead atoms. The monoisotopic (exact) mass is 465 g/mol. The molecule has 1 fully saturated rings. The standard InChI is InChI=1S/C25H21F2N3O4/c1-32-20-11-21(33-2)24(27)22(23(20)26)17-9-15-12-29-18(14-3-6-28-7-4-14)10-19(15)30(25(17)31)16-5-8-34-13-16/h3-4,6-7,9-12,16H,5,8,13H2,1-2H3. The number of nitrogens with zero attached hydrogens (tertiary/aromatic N) is 3. The minimum absolute atomic E-state index is 0.148. The second-order valence-corrected chi connectivity index (χ2v) is 7.90. The summed E-state index contributed by atoms with van der Waals surface area (Å²) < 4.78 is 47.8. The molecule has 0 amide bonds. The highest BCUT2D eigenvalue weighted by Crippen LogP contribution is 2.38. The molecule has 1 atom stereocenters. The molecule has 0 aliphatic carbocycles. The van der Waals surface area contributed by atoms with Crippen molar-refractivity contribution < 1.29 is 23.0 Å². The predicted octanol–water partition coefficient (Wildman–Crippen LogP) is 4.38. The lowest BCUT2D eigenvalue weighted by Gasteiger charge is -2.19. The number of hydrogen-bond donors (Lipinski definition) is 0. The fourth-order valence-corrected chi connectivity index (χ4v) is 4.30. The van der Waals surface area contributed by atoms with E-state index in [9.17, 15) is 4.79 Å². The Morgan fingerprint density at radius 2 is 1.76 bits per heavy atom. The van der Waals surface area contributed by atoms with E-state index in [1.54, 1.807) is 29.2 Å². The lowest BCUT2D eigenvalue weighted by Crippen LogP contribution is -2.27. The number of benzene rings is 1. The van der Waals surface area contributed by atoms with Gasteiger partial charge in [0.25, 0.3) is 5.56 Å². The van der Waals surface area contributed by atoms with E-state index in [1.165, 1.54) is 20.3 Å². The number of rotatable bonds is 5. The topological polar surface area (TPSA) is 75.5 Å². The van der Waals surface area contributed by atoms with Crippen molar-refractivity contribution in [2.24, 2.45) is 0 Å². The zero-order chi connectivity index (χ0) is 23.8. The number of halogens is 2. The number of fused-ring (bicyclic) bond motifs is 1. The second kappa shape index (κ2) is 8.83. The molecule has 0 radical (unpaired) electrons. The van der Waals surface area contributed by atoms with Crippen molar-refractivity contribution in [1.82, 2.24) is 14.5 Å². The molecule has 1 saturated heterocycles. The normalized spacial score (nSPS) is 15.6. The van der Waals surface area contributed by atoms with Gasteiger partial charge in [-0.2, -0.15) is 0 Å². The molecule has 34 heavy (non-hydrogen) atoms. The lowest BCUT2D eigenvalue weighted by atomic mass is 10.0. The summed E-state index contributed by atoms with van der Waals surface area (Å²) in [6, 6.07) is 7.71. The largest absolute Gasteiger partial charge is 0.494 e. The van der Waals surface area contributed by atoms with E-state index in [0.717, 1.165) is 11.6 Å². The molecule has 1 unspecified atom stereocenters. The van der Waals surface area contributed by atoms with Gasteiger partial charge in [0.15, 0.2) is 23.1 Å². The Morgan fingerprint density at radius 3 is 2.38 bits per heavy atom. The van der Waals surface area contributed by atoms with Gasteiger partial charge in [-0.3, -0.25) is 14.8 Å². The Morgan fingerprint density at radius 1 is 1.06 bits per heavy atom. The van der Waals surface area contributed by atoms with Crippen LogP contribution in [-0.2, 0) is 4.74 Å². The van der Waals surface area contributed by atoms with Crippen LogP contribution in [0.5, 0.6) is 11.5 Å². The Hall–Kier alpha value is -3.85. The van der Waals surface area contributed by atoms with Crippen molar-refractivity contribution in [2.45, 2.75) is 12.5 Å². The highest BCUT2D eigenvalue weighted by molar-refractivity contribution is 5.87. The first kappa shape index (κ1) is 22.0. The van der Waals surface area contributed by atoms with E-state index in [4.69, 9.17) is 14.2 Å². The van der Waals surface area contributed by atoms with Gasteiger partial charge in [-0.15, -0.1) is 0 Å². The van der Waals surface area contributed by atoms with E-state index in [-0.39, 0.29) is 23.1 Å². The zero-order valence-electron chi connectivity index (χ0n) is 18.5. The van der Waals surface area contributed by atoms with Crippen LogP contribution in [0.3, 0.4) is 0 Å². The summed E-state index contributed by atoms with van der Waals surface area (Å²) >= 11 is 0. The van der Waals surface area contributed by atoms with Gasteiger partial charge in [0, 0.05) is 42.2 Å². The van der Waals surface area contributed by atoms with Gasteiger partial charge in [-0.25, -0.2) is 8.78 Å². The SMILES string of the molecule is COc1cc(OC)c(F)c(-c2cc3cnc(-c4ccncc4)cc3n(C3CCOC3)c2=O)c1F. The summed E-state index contributed by atoms with van der Waals surface area (Å²) in [4.78, 5) is 22.3. The van der Waals surface area contributed by atoms with Crippen LogP contribution >= 0.6 is 0 Å². The van der Waals surface area contributed by atoms with Crippen LogP contribution in [0.4, 0.5) is 8.78 Å². The highest BCUT2D eigenvalue weighted by atomic mass is 19.1. The van der Waals surface area contributed by atoms with Crippen LogP contribution in [0.25, 0.3) is 33.3 Å². The maximum absolute atomic E-state index is 15.3. The Bertz CT molecular complexity index is 1410. The summed E-state index contributed by atoms with van der Waals surface area (Å²) in [5.41, 5.74) is 0.885. The summed E-state index contributed by atoms with van der Waals surface area (Å²) in [5, 5.41) is 0.555. The molecule has 1 aliphatic heterocycles. The molecule has 1 aliphatic rings. The summed E-state index contributed by atoms with van der Waals surface area (Å²) in [6.07, 6.45) is 5.50. The second-order valence-electron chi connectivity index (χ2n) is 7.90. The fourth-order valence-electron chi connectivity index (χ4n) is 4.30. The molecule has 174 valence electrons. The number of hydrogen-bond acceptors (Lipinski definition) is 6. The molecule has 0 spiro atoms. The van der Waals surface area contributed by atoms with Crippen LogP contribution in [0.1, 0.15) is 12.5 Å². The number of ether oxygens (including phenoxy) is 3. The van der Waals surface area contributed by atoms with E-state index in [1.807, 2.05) is 12.1 Å². The van der Waals surface area contributed by atoms with E-state index < -0.39 is 22.8 Å². The fraction of sp³-hybridized carbons (Fsp3) is 0.240. The zero-order valence-corrected chi connectivity index (χ0v) is 18.5. The lowest BCUT2D eigenvalue weighted by molar-refractivity contribution is 0.186. The third-order valence-corrected chi connectivity index (χ3v) is 6.01. The van der Waals surface area contributed by atoms with Gasteiger partial charge >= 0.3 is 0 Å². The molecule has 7 nitrogen and oxygen atoms in total. The van der Waals surface area contributed by atoms with Crippen molar-refractivity contribution in [3.63, 3.8) is 0 Å². The van der Waals surface area contributed by atoms with Crippen molar-refractivity contribution >= 4 is 10.9 Å². The number of methoxy groups -OCH3 is 2. The Labute approximate surface area is 193 Å². The van der Waals surface area contributed by atoms with Gasteiger partial charge in [0.05, 0.1) is 49.2 Å². The maximum Gasteiger partial charge on any atom is 0.259 e. The van der Waals surface area contributed by atoms with Gasteiger partial charge in [0.2, 0.25) is 0 Å². The first-order valence-corrected chi connectivity index (χ1v) is 10.7. The Balaban J connectivity index is 1.82. The van der Waals surface area contributed by atoms with Gasteiger partial charge < -0.3 is 18.8 Å². The molecule has 0 N–H and O–H groups in total. The van der Waals surface area contributed by atoms with Gasteiger partial charge in [-0.1, -0.05) is 0 Å². The van der Waals surface area contributed by atoms with Crippen molar-refractivity contribution in [1.29, 1.82) is 0 Å². The first-order chi connectivity index (χ1) is 16.5. The van der Waals surface area contributed by atoms with E-state index in [2.05, 4.69) is 9.97 Å². The van der Waals surface area contributed by atoms with E-state index in [0.29, 0.717) is 36.2 Å². The minimum Gasteiger partial charge on any atom is -0.494 e. The third-order valence-electron chi connectivity index (χ3n) is 6.01. The Kier molecular flexibility index (Phi) is 5.70. The molecule has 1 aromatic carbocycles. The molecule has 3 aromatic heterocycles. The van der Waals surface area contributed by atoms with Gasteiger partial charge in [-0.05, 0) is 30.7 Å². The van der Waals surface area contributed by atoms with Crippen LogP contribution in [-0.4, -0.2) is 42.0 Å². The predicted molar refractivity (Wildman–Crippen MR) is 122 cm³/mol. The maximum atomic E-state index is 15.3. The smallest absolute Gasteiger partial charge is 0.259 e. The summed E-state index contributed by atoms with van der Waals surface area (Å²) in [5.74, 6) is -2.41. The van der Waals surface area contributed by atoms with Crippen molar-refractivity contribution in [3.05, 3.63) is 70.9 Å². The quantitative estimate of drug-likeness (QED) is 0.435. The number of pyridine rings is 3. The molecule has 4 heterocycles. The highest BCUT2D eigenvalue weighted by Gasteiger charge is 2.28. The molecule has 4 aromatic rings. The molecular formula is C25H21F2N3O4. The average Bonchev–Trinajstić information content (AvgIpc) is 3.39. The van der Waals surface area contributed by atoms with E-state index >= 15 is 8.78 Å². The van der Waals surface area contributed by atoms with Crippen LogP contribution in [0.2, 0.25) is 0 Å². The number of aromatic nitrogens is 3. The van der Waals surface area contributed by atoms with Crippen molar-refractivity contribution in [2.75, 3.05) is 27.4 Å². The molecule has 5 rings (SSSR count). The summed E-state index contributed by atoms with van der Waals surface area (Å²) in [6.45, 7) is 0.804. The molecule has 9 heteroatoms. The third kappa shape index (κ3) is 3.58. The minimum atomic E-state index is -0.979. The molecular weight excluding hydrogens is 444 g/mol. The van der Waals surface area contributed by atoms with Crippen LogP contribution < -0.4 is 15.0 Å². The first-order valence-electron chi connectivity index (χ1n) is 10.7. The average molecular weight is 465 g/mol.